The third-order valence-electron chi connectivity index (χ3n) is 6.03. The predicted octanol–water partition coefficient (Wildman–Crippen LogP) is 2.94. The van der Waals surface area contributed by atoms with Crippen LogP contribution in [0.3, 0.4) is 0 Å². The Bertz CT molecular complexity index is 977. The zero-order valence-electron chi connectivity index (χ0n) is 15.6. The van der Waals surface area contributed by atoms with Crippen molar-refractivity contribution in [3.63, 3.8) is 0 Å². The molecule has 3 aromatic carbocycles. The normalized spacial score (nSPS) is 16.7. The number of fused-ring (bicyclic) bond motifs is 3. The van der Waals surface area contributed by atoms with E-state index in [-0.39, 0.29) is 11.7 Å². The summed E-state index contributed by atoms with van der Waals surface area (Å²) in [7, 11) is 0. The highest BCUT2D eigenvalue weighted by Crippen LogP contribution is 2.41. The van der Waals surface area contributed by atoms with Crippen molar-refractivity contribution in [3.8, 4) is 11.1 Å². The molecule has 1 amide bonds. The molecule has 3 aromatic rings. The molecule has 140 valence electrons. The van der Waals surface area contributed by atoms with Gasteiger partial charge in [-0.15, -0.1) is 0 Å². The van der Waals surface area contributed by atoms with Gasteiger partial charge in [-0.05, 0) is 35.4 Å². The van der Waals surface area contributed by atoms with Gasteiger partial charge in [0.1, 0.15) is 11.9 Å². The summed E-state index contributed by atoms with van der Waals surface area (Å²) in [6.07, 6.45) is 0. The standard InChI is InChI=1S/C24H21FN2O/c25-18-11-9-17(10-12-18)24(28)27-15-13-26(14-16-27)23-21-7-3-1-5-19(21)20-6-2-4-8-22(20)23/h1-12,23H,13-16H2/p+1. The van der Waals surface area contributed by atoms with E-state index in [0.717, 1.165) is 13.1 Å². The first-order valence-electron chi connectivity index (χ1n) is 9.80. The molecule has 0 atom stereocenters. The molecule has 3 nitrogen and oxygen atoms in total. The van der Waals surface area contributed by atoms with Gasteiger partial charge in [0.25, 0.3) is 5.91 Å². The summed E-state index contributed by atoms with van der Waals surface area (Å²) in [4.78, 5) is 16.1. The SMILES string of the molecule is O=C(c1ccc(F)cc1)N1CC[NH+](C2c3ccccc3-c3ccccc32)CC1. The highest BCUT2D eigenvalue weighted by molar-refractivity contribution is 5.94. The number of amides is 1. The summed E-state index contributed by atoms with van der Waals surface area (Å²) in [5.41, 5.74) is 6.00. The van der Waals surface area contributed by atoms with Gasteiger partial charge in [-0.3, -0.25) is 4.79 Å². The van der Waals surface area contributed by atoms with Crippen molar-refractivity contribution in [2.75, 3.05) is 26.2 Å². The van der Waals surface area contributed by atoms with Gasteiger partial charge in [-0.1, -0.05) is 48.5 Å². The Hall–Kier alpha value is -2.98. The second kappa shape index (κ2) is 6.88. The van der Waals surface area contributed by atoms with Gasteiger partial charge >= 0.3 is 0 Å². The Morgan fingerprint density at radius 2 is 1.36 bits per heavy atom. The maximum Gasteiger partial charge on any atom is 0.254 e. The molecule has 0 spiro atoms. The maximum atomic E-state index is 13.1. The number of rotatable bonds is 2. The first-order valence-corrected chi connectivity index (χ1v) is 9.80. The summed E-state index contributed by atoms with van der Waals surface area (Å²) in [6.45, 7) is 3.24. The van der Waals surface area contributed by atoms with Gasteiger partial charge in [0, 0.05) is 16.7 Å². The number of nitrogens with one attached hydrogen (secondary N) is 1. The van der Waals surface area contributed by atoms with Gasteiger partial charge in [-0.25, -0.2) is 4.39 Å². The van der Waals surface area contributed by atoms with Gasteiger partial charge < -0.3 is 9.80 Å². The Kier molecular flexibility index (Phi) is 4.21. The second-order valence-electron chi connectivity index (χ2n) is 7.56. The van der Waals surface area contributed by atoms with Gasteiger partial charge in [0.05, 0.1) is 26.2 Å². The lowest BCUT2D eigenvalue weighted by atomic mass is 10.0. The average Bonchev–Trinajstić information content (AvgIpc) is 3.08. The van der Waals surface area contributed by atoms with Crippen LogP contribution in [0.15, 0.2) is 72.8 Å². The van der Waals surface area contributed by atoms with E-state index in [2.05, 4.69) is 48.5 Å². The molecule has 0 saturated carbocycles. The van der Waals surface area contributed by atoms with Crippen LogP contribution in [-0.2, 0) is 0 Å². The highest BCUT2D eigenvalue weighted by atomic mass is 19.1. The molecule has 1 saturated heterocycles. The van der Waals surface area contributed by atoms with Crippen LogP contribution in [0, 0.1) is 5.82 Å². The van der Waals surface area contributed by atoms with E-state index >= 15 is 0 Å². The molecule has 0 aromatic heterocycles. The number of benzene rings is 3. The quantitative estimate of drug-likeness (QED) is 0.734. The van der Waals surface area contributed by atoms with Gasteiger partial charge in [0.2, 0.25) is 0 Å². The van der Waals surface area contributed by atoms with E-state index in [9.17, 15) is 9.18 Å². The number of carbonyl (C=O) groups excluding carboxylic acids is 1. The first kappa shape index (κ1) is 17.1. The maximum absolute atomic E-state index is 13.1. The number of quaternary nitrogens is 1. The Labute approximate surface area is 164 Å². The minimum absolute atomic E-state index is 0.00808. The van der Waals surface area contributed by atoms with E-state index < -0.39 is 0 Å². The molecule has 2 aliphatic rings. The number of hydrogen-bond donors (Lipinski definition) is 1. The van der Waals surface area contributed by atoms with E-state index in [1.165, 1.54) is 39.3 Å². The van der Waals surface area contributed by atoms with Crippen molar-refractivity contribution in [2.45, 2.75) is 6.04 Å². The monoisotopic (exact) mass is 373 g/mol. The molecule has 1 heterocycles. The third-order valence-corrected chi connectivity index (χ3v) is 6.03. The highest BCUT2D eigenvalue weighted by Gasteiger charge is 2.38. The van der Waals surface area contributed by atoms with Gasteiger partial charge in [-0.2, -0.15) is 0 Å². The molecule has 5 rings (SSSR count). The molecule has 1 N–H and O–H groups in total. The smallest absolute Gasteiger partial charge is 0.254 e. The minimum atomic E-state index is -0.315. The minimum Gasteiger partial charge on any atom is -0.327 e. The van der Waals surface area contributed by atoms with Crippen LogP contribution in [0.1, 0.15) is 27.5 Å². The van der Waals surface area contributed by atoms with Crippen molar-refractivity contribution in [3.05, 3.63) is 95.3 Å². The summed E-state index contributed by atoms with van der Waals surface area (Å²) in [6, 6.07) is 23.5. The van der Waals surface area contributed by atoms with E-state index in [1.807, 2.05) is 4.90 Å². The summed E-state index contributed by atoms with van der Waals surface area (Å²) in [5.74, 6) is -0.323. The molecule has 1 fully saturated rings. The van der Waals surface area contributed by atoms with Crippen molar-refractivity contribution >= 4 is 5.91 Å². The predicted molar refractivity (Wildman–Crippen MR) is 107 cm³/mol. The van der Waals surface area contributed by atoms with Crippen LogP contribution in [0.4, 0.5) is 4.39 Å². The van der Waals surface area contributed by atoms with Crippen LogP contribution >= 0.6 is 0 Å². The number of hydrogen-bond acceptors (Lipinski definition) is 1. The van der Waals surface area contributed by atoms with E-state index in [4.69, 9.17) is 0 Å². The zero-order valence-corrected chi connectivity index (χ0v) is 15.6. The molecule has 28 heavy (non-hydrogen) atoms. The topological polar surface area (TPSA) is 24.8 Å². The largest absolute Gasteiger partial charge is 0.327 e. The fraction of sp³-hybridized carbons (Fsp3) is 0.208. The lowest BCUT2D eigenvalue weighted by Gasteiger charge is -2.36. The van der Waals surface area contributed by atoms with Crippen LogP contribution in [0.5, 0.6) is 0 Å². The van der Waals surface area contributed by atoms with Crippen LogP contribution in [-0.4, -0.2) is 37.0 Å². The third kappa shape index (κ3) is 2.81. The van der Waals surface area contributed by atoms with Gasteiger partial charge in [0.15, 0.2) is 0 Å². The fourth-order valence-corrected chi connectivity index (χ4v) is 4.66. The Morgan fingerprint density at radius 3 is 1.93 bits per heavy atom. The number of halogens is 1. The molecular weight excluding hydrogens is 351 g/mol. The lowest BCUT2D eigenvalue weighted by Crippen LogP contribution is -3.15. The molecular formula is C24H22FN2O+. The molecule has 0 radical (unpaired) electrons. The van der Waals surface area contributed by atoms with Crippen molar-refractivity contribution in [1.29, 1.82) is 0 Å². The van der Waals surface area contributed by atoms with Crippen molar-refractivity contribution < 1.29 is 14.1 Å². The molecule has 0 unspecified atom stereocenters. The zero-order chi connectivity index (χ0) is 19.1. The second-order valence-corrected chi connectivity index (χ2v) is 7.56. The number of nitrogens with zero attached hydrogens (tertiary/aromatic N) is 1. The Morgan fingerprint density at radius 1 is 0.821 bits per heavy atom. The number of carbonyl (C=O) groups is 1. The van der Waals surface area contributed by atoms with E-state index in [0.29, 0.717) is 24.7 Å². The molecule has 1 aliphatic carbocycles. The fourth-order valence-electron chi connectivity index (χ4n) is 4.66. The van der Waals surface area contributed by atoms with Crippen molar-refractivity contribution in [2.24, 2.45) is 0 Å². The molecule has 4 heteroatoms. The Balaban J connectivity index is 1.36. The average molecular weight is 373 g/mol. The lowest BCUT2D eigenvalue weighted by molar-refractivity contribution is -0.928. The van der Waals surface area contributed by atoms with E-state index in [1.54, 1.807) is 12.1 Å². The first-order chi connectivity index (χ1) is 13.7. The van der Waals surface area contributed by atoms with Crippen LogP contribution in [0.25, 0.3) is 11.1 Å². The van der Waals surface area contributed by atoms with Crippen molar-refractivity contribution in [1.82, 2.24) is 4.90 Å². The number of piperazine rings is 1. The summed E-state index contributed by atoms with van der Waals surface area (Å²) >= 11 is 0. The molecule has 1 aliphatic heterocycles. The van der Waals surface area contributed by atoms with Crippen LogP contribution in [0.2, 0.25) is 0 Å². The van der Waals surface area contributed by atoms with Crippen LogP contribution < -0.4 is 4.90 Å². The summed E-state index contributed by atoms with van der Waals surface area (Å²) in [5, 5.41) is 0. The molecule has 0 bridgehead atoms. The summed E-state index contributed by atoms with van der Waals surface area (Å²) < 4.78 is 13.1.